The first kappa shape index (κ1) is 10.3. The van der Waals surface area contributed by atoms with E-state index in [9.17, 15) is 0 Å². The van der Waals surface area contributed by atoms with Gasteiger partial charge in [-0.2, -0.15) is 0 Å². The second-order valence-electron chi connectivity index (χ2n) is 3.84. The van der Waals surface area contributed by atoms with Crippen LogP contribution in [0.25, 0.3) is 11.1 Å². The molecule has 1 aliphatic rings. The summed E-state index contributed by atoms with van der Waals surface area (Å²) in [5.41, 5.74) is 5.72. The Morgan fingerprint density at radius 3 is 1.56 bits per heavy atom. The van der Waals surface area contributed by atoms with Crippen LogP contribution in [-0.4, -0.2) is 0 Å². The van der Waals surface area contributed by atoms with Gasteiger partial charge in [-0.3, -0.25) is 0 Å². The molecular weight excluding hydrogens is 232 g/mol. The summed E-state index contributed by atoms with van der Waals surface area (Å²) in [7, 11) is 3.90. The maximum absolute atomic E-state index is 2.24. The first-order chi connectivity index (χ1) is 7.95. The van der Waals surface area contributed by atoms with Crippen LogP contribution >= 0.6 is 21.6 Å². The zero-order valence-corrected chi connectivity index (χ0v) is 10.5. The van der Waals surface area contributed by atoms with Gasteiger partial charge in [-0.15, -0.1) is 0 Å². The zero-order chi connectivity index (χ0) is 10.8. The first-order valence-corrected chi connectivity index (χ1v) is 7.84. The third-order valence-corrected chi connectivity index (χ3v) is 5.07. The molecule has 3 rings (SSSR count). The summed E-state index contributed by atoms with van der Waals surface area (Å²) in [6.45, 7) is 0. The van der Waals surface area contributed by atoms with Crippen molar-refractivity contribution in [3.8, 4) is 11.1 Å². The summed E-state index contributed by atoms with van der Waals surface area (Å²) >= 11 is 0. The average molecular weight is 244 g/mol. The van der Waals surface area contributed by atoms with Crippen LogP contribution in [0.3, 0.4) is 0 Å². The van der Waals surface area contributed by atoms with E-state index >= 15 is 0 Å². The van der Waals surface area contributed by atoms with Crippen molar-refractivity contribution >= 4 is 21.6 Å². The van der Waals surface area contributed by atoms with Gasteiger partial charge in [0.15, 0.2) is 0 Å². The van der Waals surface area contributed by atoms with Gasteiger partial charge >= 0.3 is 0 Å². The minimum absolute atomic E-state index is 1.11. The lowest BCUT2D eigenvalue weighted by molar-refractivity contribution is 1.36. The molecule has 0 unspecified atom stereocenters. The smallest absolute Gasteiger partial charge is 0.0295 e. The molecule has 1 aliphatic heterocycles. The fourth-order valence-electron chi connectivity index (χ4n) is 2.03. The van der Waals surface area contributed by atoms with E-state index < -0.39 is 0 Å². The van der Waals surface area contributed by atoms with E-state index in [1.54, 1.807) is 0 Å². The van der Waals surface area contributed by atoms with Crippen LogP contribution in [0.5, 0.6) is 0 Å². The van der Waals surface area contributed by atoms with Gasteiger partial charge in [0.25, 0.3) is 0 Å². The third kappa shape index (κ3) is 1.87. The molecule has 0 radical (unpaired) electrons. The summed E-state index contributed by atoms with van der Waals surface area (Å²) < 4.78 is 0. The van der Waals surface area contributed by atoms with Crippen molar-refractivity contribution in [2.75, 3.05) is 0 Å². The second kappa shape index (κ2) is 4.56. The maximum atomic E-state index is 2.24. The van der Waals surface area contributed by atoms with Gasteiger partial charge < -0.3 is 0 Å². The molecule has 80 valence electrons. The topological polar surface area (TPSA) is 0 Å². The van der Waals surface area contributed by atoms with Gasteiger partial charge in [-0.05, 0) is 22.3 Å². The monoisotopic (exact) mass is 244 g/mol. The zero-order valence-electron chi connectivity index (χ0n) is 8.85. The summed E-state index contributed by atoms with van der Waals surface area (Å²) in [4.78, 5) is 0. The highest BCUT2D eigenvalue weighted by atomic mass is 33.1. The van der Waals surface area contributed by atoms with Gasteiger partial charge in [-0.1, -0.05) is 70.1 Å². The van der Waals surface area contributed by atoms with Crippen LogP contribution in [0.15, 0.2) is 48.5 Å². The average Bonchev–Trinajstić information content (AvgIpc) is 2.33. The van der Waals surface area contributed by atoms with E-state index in [0.717, 1.165) is 11.5 Å². The normalized spacial score (nSPS) is 14.5. The Kier molecular flexibility index (Phi) is 2.94. The second-order valence-corrected chi connectivity index (χ2v) is 6.30. The van der Waals surface area contributed by atoms with E-state index in [2.05, 4.69) is 48.5 Å². The Labute approximate surface area is 104 Å². The number of hydrogen-bond acceptors (Lipinski definition) is 2. The lowest BCUT2D eigenvalue weighted by atomic mass is 9.97. The molecule has 0 aromatic heterocycles. The van der Waals surface area contributed by atoms with Crippen LogP contribution in [0.4, 0.5) is 0 Å². The highest BCUT2D eigenvalue weighted by molar-refractivity contribution is 8.76. The quantitative estimate of drug-likeness (QED) is 0.613. The maximum Gasteiger partial charge on any atom is 0.0295 e. The van der Waals surface area contributed by atoms with Crippen molar-refractivity contribution in [3.63, 3.8) is 0 Å². The molecule has 2 heteroatoms. The molecule has 0 nitrogen and oxygen atoms in total. The van der Waals surface area contributed by atoms with Crippen molar-refractivity contribution in [3.05, 3.63) is 59.7 Å². The number of hydrogen-bond donors (Lipinski definition) is 0. The molecule has 16 heavy (non-hydrogen) atoms. The van der Waals surface area contributed by atoms with Crippen molar-refractivity contribution in [2.24, 2.45) is 0 Å². The SMILES string of the molecule is c1ccc2c(c1)CSSCc1ccccc1-2. The Morgan fingerprint density at radius 1 is 0.625 bits per heavy atom. The molecule has 0 bridgehead atoms. The highest BCUT2D eigenvalue weighted by Crippen LogP contribution is 2.39. The molecule has 2 aromatic carbocycles. The molecule has 0 fully saturated rings. The van der Waals surface area contributed by atoms with Crippen molar-refractivity contribution in [1.29, 1.82) is 0 Å². The summed E-state index contributed by atoms with van der Waals surface area (Å²) in [5.74, 6) is 2.21. The first-order valence-electron chi connectivity index (χ1n) is 5.36. The predicted molar refractivity (Wildman–Crippen MR) is 74.5 cm³/mol. The van der Waals surface area contributed by atoms with Gasteiger partial charge in [0.2, 0.25) is 0 Å². The summed E-state index contributed by atoms with van der Waals surface area (Å²) in [6.07, 6.45) is 0. The predicted octanol–water partition coefficient (Wildman–Crippen LogP) is 4.75. The van der Waals surface area contributed by atoms with Gasteiger partial charge in [0, 0.05) is 11.5 Å². The molecule has 0 saturated carbocycles. The van der Waals surface area contributed by atoms with Gasteiger partial charge in [-0.25, -0.2) is 0 Å². The lowest BCUT2D eigenvalue weighted by Crippen LogP contribution is -1.93. The molecule has 0 saturated heterocycles. The minimum Gasteiger partial charge on any atom is -0.0890 e. The Bertz CT molecular complexity index is 458. The number of benzene rings is 2. The minimum atomic E-state index is 1.11. The van der Waals surface area contributed by atoms with E-state index in [0.29, 0.717) is 0 Å². The number of fused-ring (bicyclic) bond motifs is 3. The molecule has 0 aliphatic carbocycles. The largest absolute Gasteiger partial charge is 0.0890 e. The molecule has 2 aromatic rings. The van der Waals surface area contributed by atoms with Crippen molar-refractivity contribution in [1.82, 2.24) is 0 Å². The van der Waals surface area contributed by atoms with Crippen LogP contribution < -0.4 is 0 Å². The fraction of sp³-hybridized carbons (Fsp3) is 0.143. The van der Waals surface area contributed by atoms with E-state index in [1.165, 1.54) is 22.3 Å². The highest BCUT2D eigenvalue weighted by Gasteiger charge is 2.12. The van der Waals surface area contributed by atoms with Gasteiger partial charge in [0.05, 0.1) is 0 Å². The summed E-state index contributed by atoms with van der Waals surface area (Å²) in [5, 5.41) is 0. The van der Waals surface area contributed by atoms with Gasteiger partial charge in [0.1, 0.15) is 0 Å². The Hall–Kier alpha value is -0.860. The molecule has 0 atom stereocenters. The molecular formula is C14H12S2. The Morgan fingerprint density at radius 2 is 1.06 bits per heavy atom. The van der Waals surface area contributed by atoms with Crippen LogP contribution in [-0.2, 0) is 11.5 Å². The fourth-order valence-corrected chi connectivity index (χ4v) is 4.21. The van der Waals surface area contributed by atoms with Crippen molar-refractivity contribution < 1.29 is 0 Å². The van der Waals surface area contributed by atoms with Crippen LogP contribution in [0.2, 0.25) is 0 Å². The van der Waals surface area contributed by atoms with Crippen LogP contribution in [0.1, 0.15) is 11.1 Å². The van der Waals surface area contributed by atoms with E-state index in [4.69, 9.17) is 0 Å². The molecule has 1 heterocycles. The Balaban J connectivity index is 2.22. The molecule has 0 amide bonds. The lowest BCUT2D eigenvalue weighted by Gasteiger charge is -2.16. The summed E-state index contributed by atoms with van der Waals surface area (Å²) in [6, 6.07) is 17.5. The number of rotatable bonds is 0. The van der Waals surface area contributed by atoms with Crippen molar-refractivity contribution in [2.45, 2.75) is 11.5 Å². The third-order valence-electron chi connectivity index (χ3n) is 2.84. The van der Waals surface area contributed by atoms with E-state index in [-0.39, 0.29) is 0 Å². The molecule has 0 spiro atoms. The molecule has 0 N–H and O–H groups in total. The van der Waals surface area contributed by atoms with E-state index in [1.807, 2.05) is 21.6 Å². The van der Waals surface area contributed by atoms with Crippen LogP contribution in [0, 0.1) is 0 Å². The standard InChI is InChI=1S/C14H12S2/c1-3-7-13-11(5-1)9-15-16-10-12-6-2-4-8-14(12)13/h1-8H,9-10H2.